The van der Waals surface area contributed by atoms with Gasteiger partial charge in [0.25, 0.3) is 0 Å². The summed E-state index contributed by atoms with van der Waals surface area (Å²) in [6.07, 6.45) is 1.62. The minimum Gasteiger partial charge on any atom is -0.394 e. The summed E-state index contributed by atoms with van der Waals surface area (Å²) in [6, 6.07) is 5.80. The molecular formula is C12H17N3O2. The summed E-state index contributed by atoms with van der Waals surface area (Å²) in [7, 11) is 1.95. The lowest BCUT2D eigenvalue weighted by Gasteiger charge is -2.16. The van der Waals surface area contributed by atoms with Crippen LogP contribution in [-0.4, -0.2) is 48.4 Å². The third-order valence-electron chi connectivity index (χ3n) is 2.29. The molecule has 0 bridgehead atoms. The van der Waals surface area contributed by atoms with Crippen LogP contribution in [0.3, 0.4) is 0 Å². The Morgan fingerprint density at radius 1 is 1.53 bits per heavy atom. The van der Waals surface area contributed by atoms with Gasteiger partial charge < -0.3 is 9.84 Å². The Labute approximate surface area is 101 Å². The van der Waals surface area contributed by atoms with Gasteiger partial charge in [-0.05, 0) is 13.1 Å². The highest BCUT2D eigenvalue weighted by molar-refractivity contribution is 5.30. The van der Waals surface area contributed by atoms with Gasteiger partial charge in [0.05, 0.1) is 19.8 Å². The van der Waals surface area contributed by atoms with Crippen LogP contribution < -0.4 is 0 Å². The number of aliphatic hydroxyl groups is 1. The maximum absolute atomic E-state index is 8.89. The van der Waals surface area contributed by atoms with Gasteiger partial charge in [0.2, 0.25) is 0 Å². The van der Waals surface area contributed by atoms with Crippen LogP contribution in [0.1, 0.15) is 11.3 Å². The molecule has 1 N–H and O–H groups in total. The maximum atomic E-state index is 8.89. The third-order valence-corrected chi connectivity index (χ3v) is 2.29. The number of likely N-dealkylation sites (N-methyl/N-ethyl adjacent to an activating group) is 1. The molecule has 0 aromatic carbocycles. The summed E-state index contributed by atoms with van der Waals surface area (Å²) in [5, 5.41) is 17.4. The molecule has 0 radical (unpaired) electrons. The maximum Gasteiger partial charge on any atom is 0.144 e. The topological polar surface area (TPSA) is 69.4 Å². The van der Waals surface area contributed by atoms with Gasteiger partial charge in [0, 0.05) is 24.8 Å². The molecule has 0 saturated heterocycles. The fourth-order valence-corrected chi connectivity index (χ4v) is 1.42. The van der Waals surface area contributed by atoms with E-state index in [0.717, 1.165) is 12.1 Å². The van der Waals surface area contributed by atoms with E-state index in [9.17, 15) is 0 Å². The molecule has 5 nitrogen and oxygen atoms in total. The number of nitriles is 1. The second-order valence-corrected chi connectivity index (χ2v) is 3.70. The second-order valence-electron chi connectivity index (χ2n) is 3.70. The zero-order chi connectivity index (χ0) is 12.5. The molecule has 0 aliphatic rings. The number of aromatic nitrogens is 1. The van der Waals surface area contributed by atoms with Gasteiger partial charge in [-0.15, -0.1) is 0 Å². The lowest BCUT2D eigenvalue weighted by Crippen LogP contribution is -2.23. The lowest BCUT2D eigenvalue weighted by molar-refractivity contribution is 0.0772. The normalized spacial score (nSPS) is 10.5. The van der Waals surface area contributed by atoms with Crippen LogP contribution in [0.25, 0.3) is 0 Å². The van der Waals surface area contributed by atoms with E-state index in [-0.39, 0.29) is 6.61 Å². The van der Waals surface area contributed by atoms with Crippen LogP contribution >= 0.6 is 0 Å². The van der Waals surface area contributed by atoms with Gasteiger partial charge in [0.15, 0.2) is 0 Å². The summed E-state index contributed by atoms with van der Waals surface area (Å²) in [4.78, 5) is 6.06. The SMILES string of the molecule is CN(CCOCCO)Cc1cccnc1C#N. The van der Waals surface area contributed by atoms with Crippen LogP contribution in [0.5, 0.6) is 0 Å². The van der Waals surface area contributed by atoms with Crippen molar-refractivity contribution in [3.63, 3.8) is 0 Å². The van der Waals surface area contributed by atoms with Crippen molar-refractivity contribution in [3.05, 3.63) is 29.6 Å². The molecule has 0 saturated carbocycles. The van der Waals surface area contributed by atoms with E-state index >= 15 is 0 Å². The molecular weight excluding hydrogens is 218 g/mol. The van der Waals surface area contributed by atoms with E-state index in [4.69, 9.17) is 15.1 Å². The lowest BCUT2D eigenvalue weighted by atomic mass is 10.2. The van der Waals surface area contributed by atoms with Gasteiger partial charge >= 0.3 is 0 Å². The van der Waals surface area contributed by atoms with Crippen LogP contribution in [0.2, 0.25) is 0 Å². The predicted molar refractivity (Wildman–Crippen MR) is 63.2 cm³/mol. The molecule has 1 aromatic rings. The van der Waals surface area contributed by atoms with Gasteiger partial charge in [-0.25, -0.2) is 4.98 Å². The van der Waals surface area contributed by atoms with Crippen molar-refractivity contribution in [2.24, 2.45) is 0 Å². The van der Waals surface area contributed by atoms with E-state index in [0.29, 0.717) is 25.5 Å². The molecule has 5 heteroatoms. The molecule has 1 heterocycles. The first-order valence-corrected chi connectivity index (χ1v) is 5.49. The van der Waals surface area contributed by atoms with Gasteiger partial charge in [0.1, 0.15) is 11.8 Å². The molecule has 0 aliphatic heterocycles. The molecule has 1 rings (SSSR count). The first-order valence-electron chi connectivity index (χ1n) is 5.49. The number of nitrogens with zero attached hydrogens (tertiary/aromatic N) is 3. The largest absolute Gasteiger partial charge is 0.394 e. The first kappa shape index (κ1) is 13.6. The fourth-order valence-electron chi connectivity index (χ4n) is 1.42. The van der Waals surface area contributed by atoms with Crippen LogP contribution in [0.4, 0.5) is 0 Å². The van der Waals surface area contributed by atoms with Crippen molar-refractivity contribution >= 4 is 0 Å². The van der Waals surface area contributed by atoms with Crippen molar-refractivity contribution in [2.75, 3.05) is 33.4 Å². The number of hydrogen-bond acceptors (Lipinski definition) is 5. The minimum absolute atomic E-state index is 0.0465. The molecule has 0 atom stereocenters. The minimum atomic E-state index is 0.0465. The Morgan fingerprint density at radius 2 is 2.35 bits per heavy atom. The van der Waals surface area contributed by atoms with E-state index in [1.54, 1.807) is 6.20 Å². The molecule has 0 fully saturated rings. The van der Waals surface area contributed by atoms with Crippen LogP contribution in [0.15, 0.2) is 18.3 Å². The van der Waals surface area contributed by atoms with Crippen molar-refractivity contribution in [2.45, 2.75) is 6.54 Å². The Kier molecular flexibility index (Phi) is 6.18. The van der Waals surface area contributed by atoms with E-state index in [2.05, 4.69) is 16.0 Å². The zero-order valence-corrected chi connectivity index (χ0v) is 9.96. The van der Waals surface area contributed by atoms with Crippen LogP contribution in [-0.2, 0) is 11.3 Å². The Morgan fingerprint density at radius 3 is 3.06 bits per heavy atom. The number of hydrogen-bond donors (Lipinski definition) is 1. The summed E-state index contributed by atoms with van der Waals surface area (Å²) in [6.45, 7) is 2.40. The quantitative estimate of drug-likeness (QED) is 0.692. The highest BCUT2D eigenvalue weighted by Crippen LogP contribution is 2.06. The smallest absolute Gasteiger partial charge is 0.144 e. The molecule has 0 spiro atoms. The Bertz CT molecular complexity index is 376. The number of aliphatic hydroxyl groups excluding tert-OH is 1. The molecule has 92 valence electrons. The number of ether oxygens (including phenoxy) is 1. The molecule has 0 amide bonds. The highest BCUT2D eigenvalue weighted by Gasteiger charge is 2.05. The predicted octanol–water partition coefficient (Wildman–Crippen LogP) is 0.394. The molecule has 17 heavy (non-hydrogen) atoms. The second kappa shape index (κ2) is 7.74. The number of pyridine rings is 1. The van der Waals surface area contributed by atoms with Crippen molar-refractivity contribution < 1.29 is 9.84 Å². The third kappa shape index (κ3) is 4.91. The van der Waals surface area contributed by atoms with Crippen molar-refractivity contribution in [1.82, 2.24) is 9.88 Å². The van der Waals surface area contributed by atoms with Crippen LogP contribution in [0, 0.1) is 11.3 Å². The molecule has 1 aromatic heterocycles. The average molecular weight is 235 g/mol. The monoisotopic (exact) mass is 235 g/mol. The Balaban J connectivity index is 2.40. The molecule has 0 aliphatic carbocycles. The van der Waals surface area contributed by atoms with E-state index in [1.165, 1.54) is 0 Å². The van der Waals surface area contributed by atoms with Gasteiger partial charge in [-0.1, -0.05) is 6.07 Å². The van der Waals surface area contributed by atoms with Crippen molar-refractivity contribution in [1.29, 1.82) is 5.26 Å². The Hall–Kier alpha value is -1.48. The highest BCUT2D eigenvalue weighted by atomic mass is 16.5. The first-order chi connectivity index (χ1) is 8.27. The standard InChI is InChI=1S/C12H17N3O2/c1-15(5-7-17-8-6-16)10-11-3-2-4-14-12(11)9-13/h2-4,16H,5-8,10H2,1H3. The van der Waals surface area contributed by atoms with Gasteiger partial charge in [-0.3, -0.25) is 4.90 Å². The van der Waals surface area contributed by atoms with E-state index < -0.39 is 0 Å². The average Bonchev–Trinajstić information content (AvgIpc) is 2.35. The summed E-state index contributed by atoms with van der Waals surface area (Å²) >= 11 is 0. The van der Waals surface area contributed by atoms with E-state index in [1.807, 2.05) is 19.2 Å². The van der Waals surface area contributed by atoms with Crippen molar-refractivity contribution in [3.8, 4) is 6.07 Å². The summed E-state index contributed by atoms with van der Waals surface area (Å²) in [5.74, 6) is 0. The zero-order valence-electron chi connectivity index (χ0n) is 9.96. The van der Waals surface area contributed by atoms with Gasteiger partial charge in [-0.2, -0.15) is 5.26 Å². The fraction of sp³-hybridized carbons (Fsp3) is 0.500. The summed E-state index contributed by atoms with van der Waals surface area (Å²) < 4.78 is 5.18. The molecule has 0 unspecified atom stereocenters. The number of rotatable bonds is 7. The summed E-state index contributed by atoms with van der Waals surface area (Å²) in [5.41, 5.74) is 1.38.